The normalized spacial score (nSPS) is 15.9. The van der Waals surface area contributed by atoms with E-state index in [-0.39, 0.29) is 11.7 Å². The lowest BCUT2D eigenvalue weighted by Gasteiger charge is -2.37. The third-order valence-corrected chi connectivity index (χ3v) is 10.2. The SMILES string of the molecule is CCC(C(C)O)n1ccn(-c2ccc(N3CCN(c4ccc(-c5ccc(C(F)(F)C(O)(Cn6cnnn6)c6ccc(F)cc6F)nc5)cc4)CC3)cc2)c1=O. The van der Waals surface area contributed by atoms with E-state index in [1.54, 1.807) is 28.5 Å². The van der Waals surface area contributed by atoms with Crippen LogP contribution in [0.4, 0.5) is 28.9 Å². The highest BCUT2D eigenvalue weighted by molar-refractivity contribution is 5.66. The summed E-state index contributed by atoms with van der Waals surface area (Å²) < 4.78 is 64.9. The third-order valence-electron chi connectivity index (χ3n) is 10.2. The van der Waals surface area contributed by atoms with Gasteiger partial charge in [-0.2, -0.15) is 8.78 Å². The van der Waals surface area contributed by atoms with Crippen molar-refractivity contribution in [2.45, 2.75) is 50.5 Å². The Kier molecular flexibility index (Phi) is 10.3. The molecule has 1 fully saturated rings. The maximum atomic E-state index is 16.2. The summed E-state index contributed by atoms with van der Waals surface area (Å²) in [5.41, 5.74) is -1.04. The summed E-state index contributed by atoms with van der Waals surface area (Å²) in [5, 5.41) is 31.9. The van der Waals surface area contributed by atoms with Gasteiger partial charge in [0.15, 0.2) is 5.60 Å². The van der Waals surface area contributed by atoms with Crippen LogP contribution in [-0.4, -0.2) is 76.8 Å². The number of imidazole rings is 1. The molecule has 0 bridgehead atoms. The van der Waals surface area contributed by atoms with Gasteiger partial charge < -0.3 is 20.0 Å². The zero-order valence-corrected chi connectivity index (χ0v) is 30.1. The van der Waals surface area contributed by atoms with Crippen LogP contribution in [0, 0.1) is 11.6 Å². The topological polar surface area (TPSA) is 130 Å². The molecule has 3 atom stereocenters. The predicted molar refractivity (Wildman–Crippen MR) is 197 cm³/mol. The summed E-state index contributed by atoms with van der Waals surface area (Å²) >= 11 is 0. The first-order valence-corrected chi connectivity index (χ1v) is 17.8. The molecule has 0 radical (unpaired) electrons. The summed E-state index contributed by atoms with van der Waals surface area (Å²) in [6.07, 6.45) is 5.67. The molecule has 0 aliphatic carbocycles. The van der Waals surface area contributed by atoms with Crippen LogP contribution in [0.3, 0.4) is 0 Å². The van der Waals surface area contributed by atoms with Crippen molar-refractivity contribution in [3.8, 4) is 16.8 Å². The van der Waals surface area contributed by atoms with Gasteiger partial charge in [-0.25, -0.2) is 18.3 Å². The summed E-state index contributed by atoms with van der Waals surface area (Å²) in [7, 11) is 0. The van der Waals surface area contributed by atoms with E-state index in [0.717, 1.165) is 78.0 Å². The number of alkyl halides is 2. The van der Waals surface area contributed by atoms with Gasteiger partial charge in [0.25, 0.3) is 0 Å². The number of piperazine rings is 1. The standard InChI is InChI=1S/C39H39F4N9O3/c1-3-35(26(2)53)52-21-20-51(37(52)54)32-12-10-31(11-13-32)49-18-16-48(17-19-49)30-8-4-27(5-9-30)28-6-15-36(44-23-28)39(42,43)38(55,24-50-25-45-46-47-50)33-14-7-29(40)22-34(33)41/h4-15,20-23,25-26,35,53,55H,3,16-19,24H2,1-2H3. The maximum absolute atomic E-state index is 16.2. The van der Waals surface area contributed by atoms with Gasteiger partial charge >= 0.3 is 11.6 Å². The Balaban J connectivity index is 1.00. The fourth-order valence-corrected chi connectivity index (χ4v) is 7.15. The number of pyridine rings is 1. The van der Waals surface area contributed by atoms with E-state index in [0.29, 0.717) is 18.1 Å². The molecule has 12 nitrogen and oxygen atoms in total. The third kappa shape index (κ3) is 7.22. The number of nitrogens with zero attached hydrogens (tertiary/aromatic N) is 9. The fraction of sp³-hybridized carbons (Fsp3) is 0.308. The quantitative estimate of drug-likeness (QED) is 0.160. The summed E-state index contributed by atoms with van der Waals surface area (Å²) in [6, 6.07) is 19.7. The number of aliphatic hydroxyl groups excluding tert-OH is 1. The van der Waals surface area contributed by atoms with Crippen molar-refractivity contribution in [1.82, 2.24) is 34.3 Å². The molecule has 3 aromatic carbocycles. The molecule has 1 saturated heterocycles. The van der Waals surface area contributed by atoms with Gasteiger partial charge in [0.2, 0.25) is 0 Å². The molecule has 4 heterocycles. The van der Waals surface area contributed by atoms with Crippen LogP contribution in [0.5, 0.6) is 0 Å². The number of aromatic nitrogens is 7. The molecule has 7 rings (SSSR count). The Morgan fingerprint density at radius 1 is 0.836 bits per heavy atom. The Morgan fingerprint density at radius 3 is 2.00 bits per heavy atom. The number of halogens is 4. The van der Waals surface area contributed by atoms with Crippen LogP contribution in [0.1, 0.15) is 37.6 Å². The van der Waals surface area contributed by atoms with Crippen molar-refractivity contribution in [3.63, 3.8) is 0 Å². The Bertz CT molecular complexity index is 2270. The largest absolute Gasteiger partial charge is 0.391 e. The van der Waals surface area contributed by atoms with Gasteiger partial charge in [-0.3, -0.25) is 14.1 Å². The van der Waals surface area contributed by atoms with Crippen LogP contribution in [0.25, 0.3) is 16.8 Å². The maximum Gasteiger partial charge on any atom is 0.333 e. The Labute approximate surface area is 313 Å². The van der Waals surface area contributed by atoms with Crippen molar-refractivity contribution >= 4 is 11.4 Å². The molecule has 0 saturated carbocycles. The lowest BCUT2D eigenvalue weighted by Crippen LogP contribution is -2.48. The van der Waals surface area contributed by atoms with Crippen molar-refractivity contribution in [2.24, 2.45) is 0 Å². The number of hydrogen-bond donors (Lipinski definition) is 2. The van der Waals surface area contributed by atoms with Gasteiger partial charge in [-0.05, 0) is 83.9 Å². The zero-order chi connectivity index (χ0) is 38.9. The van der Waals surface area contributed by atoms with Gasteiger partial charge in [0.1, 0.15) is 23.7 Å². The number of aliphatic hydroxyl groups is 2. The van der Waals surface area contributed by atoms with Crippen LogP contribution in [-0.2, 0) is 18.1 Å². The van der Waals surface area contributed by atoms with Crippen LogP contribution in [0.15, 0.2) is 109 Å². The second-order valence-electron chi connectivity index (χ2n) is 13.6. The summed E-state index contributed by atoms with van der Waals surface area (Å²) in [5.74, 6) is -6.51. The van der Waals surface area contributed by atoms with Crippen LogP contribution in [0.2, 0.25) is 0 Å². The Hall–Kier alpha value is -5.87. The minimum atomic E-state index is -4.16. The molecular weight excluding hydrogens is 718 g/mol. The zero-order valence-electron chi connectivity index (χ0n) is 30.1. The number of anilines is 2. The minimum Gasteiger partial charge on any atom is -0.391 e. The van der Waals surface area contributed by atoms with E-state index >= 15 is 8.78 Å². The first kappa shape index (κ1) is 37.4. The highest BCUT2D eigenvalue weighted by atomic mass is 19.3. The van der Waals surface area contributed by atoms with E-state index in [2.05, 4.69) is 30.3 Å². The highest BCUT2D eigenvalue weighted by Gasteiger charge is 2.58. The van der Waals surface area contributed by atoms with Gasteiger partial charge in [-0.1, -0.05) is 25.1 Å². The number of benzene rings is 3. The van der Waals surface area contributed by atoms with E-state index in [1.807, 2.05) is 55.5 Å². The minimum absolute atomic E-state index is 0.197. The second kappa shape index (κ2) is 15.1. The van der Waals surface area contributed by atoms with Crippen LogP contribution < -0.4 is 15.5 Å². The molecule has 3 unspecified atom stereocenters. The molecule has 0 amide bonds. The van der Waals surface area contributed by atoms with E-state index in [4.69, 9.17) is 0 Å². The molecule has 55 heavy (non-hydrogen) atoms. The molecule has 2 N–H and O–H groups in total. The lowest BCUT2D eigenvalue weighted by molar-refractivity contribution is -0.207. The van der Waals surface area contributed by atoms with Gasteiger partial charge in [-0.15, -0.1) is 5.10 Å². The van der Waals surface area contributed by atoms with Gasteiger partial charge in [0.05, 0.1) is 24.4 Å². The fourth-order valence-electron chi connectivity index (χ4n) is 7.15. The average molecular weight is 758 g/mol. The molecule has 3 aromatic heterocycles. The smallest absolute Gasteiger partial charge is 0.333 e. The molecular formula is C39H39F4N9O3. The highest BCUT2D eigenvalue weighted by Crippen LogP contribution is 2.47. The van der Waals surface area contributed by atoms with E-state index in [9.17, 15) is 23.8 Å². The van der Waals surface area contributed by atoms with Crippen LogP contribution >= 0.6 is 0 Å². The molecule has 16 heteroatoms. The average Bonchev–Trinajstić information content (AvgIpc) is 3.84. The summed E-state index contributed by atoms with van der Waals surface area (Å²) in [4.78, 5) is 21.6. The summed E-state index contributed by atoms with van der Waals surface area (Å²) in [6.45, 7) is 5.74. The molecule has 1 aliphatic rings. The van der Waals surface area contributed by atoms with Crippen molar-refractivity contribution < 1.29 is 27.8 Å². The number of hydrogen-bond acceptors (Lipinski definition) is 9. The Morgan fingerprint density at radius 2 is 1.45 bits per heavy atom. The number of rotatable bonds is 12. The predicted octanol–water partition coefficient (Wildman–Crippen LogP) is 5.30. The van der Waals surface area contributed by atoms with Crippen molar-refractivity contribution in [2.75, 3.05) is 36.0 Å². The lowest BCUT2D eigenvalue weighted by atomic mass is 9.84. The van der Waals surface area contributed by atoms with E-state index in [1.165, 1.54) is 12.3 Å². The molecule has 0 spiro atoms. The van der Waals surface area contributed by atoms with E-state index < -0.39 is 47.1 Å². The van der Waals surface area contributed by atoms with Crippen molar-refractivity contribution in [3.05, 3.63) is 137 Å². The monoisotopic (exact) mass is 757 g/mol. The molecule has 6 aromatic rings. The number of tetrazole rings is 1. The van der Waals surface area contributed by atoms with Gasteiger partial charge in [0, 0.05) is 73.3 Å². The molecule has 286 valence electrons. The van der Waals surface area contributed by atoms with Crippen molar-refractivity contribution in [1.29, 1.82) is 0 Å². The first-order chi connectivity index (χ1) is 26.4. The first-order valence-electron chi connectivity index (χ1n) is 17.8. The second-order valence-corrected chi connectivity index (χ2v) is 13.6. The molecule has 1 aliphatic heterocycles.